The maximum absolute atomic E-state index is 6.53. The van der Waals surface area contributed by atoms with Crippen molar-refractivity contribution in [2.45, 2.75) is 19.3 Å². The normalized spacial score (nSPS) is 12.2. The SMILES string of the molecule is CC(C)(c1ccccc1)c1ccnc(-c2cccc3c2oc2cc4ccc5ccccc5c4cc23)c1. The molecule has 0 amide bonds. The minimum absolute atomic E-state index is 0.139. The third-order valence-corrected chi connectivity index (χ3v) is 7.62. The van der Waals surface area contributed by atoms with Gasteiger partial charge in [0.1, 0.15) is 11.2 Å². The number of hydrogen-bond acceptors (Lipinski definition) is 2. The number of nitrogens with zero attached hydrogens (tertiary/aromatic N) is 1. The number of para-hydroxylation sites is 1. The molecular formula is C34H25NO. The Labute approximate surface area is 209 Å². The number of benzene rings is 5. The lowest BCUT2D eigenvalue weighted by Gasteiger charge is -2.26. The van der Waals surface area contributed by atoms with Crippen molar-refractivity contribution in [1.29, 1.82) is 0 Å². The molecule has 5 aromatic carbocycles. The van der Waals surface area contributed by atoms with E-state index in [1.54, 1.807) is 0 Å². The molecule has 0 atom stereocenters. The summed E-state index contributed by atoms with van der Waals surface area (Å²) in [5.41, 5.74) is 6.10. The van der Waals surface area contributed by atoms with Gasteiger partial charge in [0.15, 0.2) is 0 Å². The zero-order valence-electron chi connectivity index (χ0n) is 20.3. The minimum Gasteiger partial charge on any atom is -0.455 e. The van der Waals surface area contributed by atoms with Gasteiger partial charge in [0.2, 0.25) is 0 Å². The lowest BCUT2D eigenvalue weighted by atomic mass is 9.78. The van der Waals surface area contributed by atoms with E-state index in [0.717, 1.165) is 33.2 Å². The maximum atomic E-state index is 6.53. The van der Waals surface area contributed by atoms with E-state index < -0.39 is 0 Å². The van der Waals surface area contributed by atoms with Crippen LogP contribution in [0.5, 0.6) is 0 Å². The second-order valence-corrected chi connectivity index (χ2v) is 10.1. The van der Waals surface area contributed by atoms with Crippen LogP contribution >= 0.6 is 0 Å². The van der Waals surface area contributed by atoms with Crippen LogP contribution in [-0.2, 0) is 5.41 Å². The molecule has 0 aliphatic rings. The fraction of sp³-hybridized carbons (Fsp3) is 0.0882. The highest BCUT2D eigenvalue weighted by Crippen LogP contribution is 2.39. The molecule has 7 aromatic rings. The molecule has 36 heavy (non-hydrogen) atoms. The largest absolute Gasteiger partial charge is 0.455 e. The summed E-state index contributed by atoms with van der Waals surface area (Å²) in [5, 5.41) is 7.20. The van der Waals surface area contributed by atoms with Crippen LogP contribution in [0.4, 0.5) is 0 Å². The fourth-order valence-corrected chi connectivity index (χ4v) is 5.49. The van der Waals surface area contributed by atoms with Crippen LogP contribution in [0.2, 0.25) is 0 Å². The smallest absolute Gasteiger partial charge is 0.144 e. The van der Waals surface area contributed by atoms with Gasteiger partial charge >= 0.3 is 0 Å². The Balaban J connectivity index is 1.43. The van der Waals surface area contributed by atoms with Crippen molar-refractivity contribution in [3.63, 3.8) is 0 Å². The molecule has 0 unspecified atom stereocenters. The van der Waals surface area contributed by atoms with E-state index in [-0.39, 0.29) is 5.41 Å². The summed E-state index contributed by atoms with van der Waals surface area (Å²) in [7, 11) is 0. The van der Waals surface area contributed by atoms with Crippen molar-refractivity contribution in [2.24, 2.45) is 0 Å². The van der Waals surface area contributed by atoms with Crippen LogP contribution in [0, 0.1) is 0 Å². The lowest BCUT2D eigenvalue weighted by Crippen LogP contribution is -2.18. The van der Waals surface area contributed by atoms with Crippen LogP contribution in [0.3, 0.4) is 0 Å². The van der Waals surface area contributed by atoms with Crippen molar-refractivity contribution < 1.29 is 4.42 Å². The van der Waals surface area contributed by atoms with Gasteiger partial charge in [-0.05, 0) is 63.0 Å². The van der Waals surface area contributed by atoms with Crippen molar-refractivity contribution in [3.8, 4) is 11.3 Å². The van der Waals surface area contributed by atoms with E-state index in [9.17, 15) is 0 Å². The molecule has 0 bridgehead atoms. The van der Waals surface area contributed by atoms with Gasteiger partial charge < -0.3 is 4.42 Å². The molecule has 0 saturated heterocycles. The van der Waals surface area contributed by atoms with Crippen LogP contribution in [0.15, 0.2) is 120 Å². The zero-order chi connectivity index (χ0) is 24.3. The van der Waals surface area contributed by atoms with Crippen LogP contribution in [0.25, 0.3) is 54.7 Å². The molecule has 0 radical (unpaired) electrons. The highest BCUT2D eigenvalue weighted by Gasteiger charge is 2.24. The Morgan fingerprint density at radius 2 is 1.36 bits per heavy atom. The summed E-state index contributed by atoms with van der Waals surface area (Å²) in [6.45, 7) is 4.53. The monoisotopic (exact) mass is 463 g/mol. The van der Waals surface area contributed by atoms with Crippen molar-refractivity contribution in [3.05, 3.63) is 127 Å². The quantitative estimate of drug-likeness (QED) is 0.244. The summed E-state index contributed by atoms with van der Waals surface area (Å²) in [4.78, 5) is 4.77. The summed E-state index contributed by atoms with van der Waals surface area (Å²) >= 11 is 0. The molecule has 2 heteroatoms. The second-order valence-electron chi connectivity index (χ2n) is 10.1. The van der Waals surface area contributed by atoms with Crippen LogP contribution in [-0.4, -0.2) is 4.98 Å². The molecule has 0 N–H and O–H groups in total. The summed E-state index contributed by atoms with van der Waals surface area (Å²) in [5.74, 6) is 0. The van der Waals surface area contributed by atoms with Gasteiger partial charge in [-0.25, -0.2) is 0 Å². The molecule has 2 heterocycles. The molecule has 0 aliphatic carbocycles. The summed E-state index contributed by atoms with van der Waals surface area (Å²) in [6, 6.07) is 38.7. The van der Waals surface area contributed by atoms with E-state index in [0.29, 0.717) is 0 Å². The first-order chi connectivity index (χ1) is 17.6. The zero-order valence-corrected chi connectivity index (χ0v) is 20.3. The molecule has 0 aliphatic heterocycles. The Hall–Kier alpha value is -4.43. The number of hydrogen-bond donors (Lipinski definition) is 0. The first-order valence-electron chi connectivity index (χ1n) is 12.4. The average molecular weight is 464 g/mol. The Morgan fingerprint density at radius 3 is 2.25 bits per heavy atom. The van der Waals surface area contributed by atoms with Crippen molar-refractivity contribution in [2.75, 3.05) is 0 Å². The van der Waals surface area contributed by atoms with Crippen LogP contribution < -0.4 is 0 Å². The number of aromatic nitrogens is 1. The van der Waals surface area contributed by atoms with Gasteiger partial charge in [-0.2, -0.15) is 0 Å². The Kier molecular flexibility index (Phi) is 4.52. The predicted molar refractivity (Wildman–Crippen MR) is 151 cm³/mol. The van der Waals surface area contributed by atoms with E-state index >= 15 is 0 Å². The number of fused-ring (bicyclic) bond motifs is 6. The first kappa shape index (κ1) is 20.9. The van der Waals surface area contributed by atoms with Gasteiger partial charge in [0.05, 0.1) is 5.69 Å². The third-order valence-electron chi connectivity index (χ3n) is 7.62. The van der Waals surface area contributed by atoms with Gasteiger partial charge in [0.25, 0.3) is 0 Å². The summed E-state index contributed by atoms with van der Waals surface area (Å²) < 4.78 is 6.53. The van der Waals surface area contributed by atoms with E-state index in [2.05, 4.69) is 123 Å². The topological polar surface area (TPSA) is 26.0 Å². The van der Waals surface area contributed by atoms with E-state index in [4.69, 9.17) is 9.40 Å². The fourth-order valence-electron chi connectivity index (χ4n) is 5.49. The maximum Gasteiger partial charge on any atom is 0.144 e. The average Bonchev–Trinajstić information content (AvgIpc) is 3.30. The van der Waals surface area contributed by atoms with Gasteiger partial charge in [-0.3, -0.25) is 4.98 Å². The van der Waals surface area contributed by atoms with Crippen molar-refractivity contribution >= 4 is 43.5 Å². The molecular weight excluding hydrogens is 438 g/mol. The van der Waals surface area contributed by atoms with Crippen molar-refractivity contribution in [1.82, 2.24) is 4.98 Å². The van der Waals surface area contributed by atoms with Crippen LogP contribution in [0.1, 0.15) is 25.0 Å². The lowest BCUT2D eigenvalue weighted by molar-refractivity contribution is 0.640. The Morgan fingerprint density at radius 1 is 0.583 bits per heavy atom. The van der Waals surface area contributed by atoms with E-state index in [1.807, 2.05) is 6.20 Å². The van der Waals surface area contributed by atoms with E-state index in [1.165, 1.54) is 32.7 Å². The summed E-state index contributed by atoms with van der Waals surface area (Å²) in [6.07, 6.45) is 1.91. The number of pyridine rings is 1. The predicted octanol–water partition coefficient (Wildman–Crippen LogP) is 9.28. The highest BCUT2D eigenvalue weighted by molar-refractivity contribution is 6.17. The van der Waals surface area contributed by atoms with Gasteiger partial charge in [-0.15, -0.1) is 0 Å². The highest BCUT2D eigenvalue weighted by atomic mass is 16.3. The standard InChI is InChI=1S/C34H25NO/c1-34(2,24-10-4-3-5-11-24)25-17-18-35-31(20-25)28-14-8-13-27-30-21-29-23(19-32(30)36-33(27)28)16-15-22-9-6-7-12-26(22)29/h3-21H,1-2H3. The third kappa shape index (κ3) is 3.15. The molecule has 172 valence electrons. The second kappa shape index (κ2) is 7.79. The minimum atomic E-state index is -0.139. The van der Waals surface area contributed by atoms with Gasteiger partial charge in [0, 0.05) is 27.9 Å². The molecule has 0 spiro atoms. The van der Waals surface area contributed by atoms with Gasteiger partial charge in [-0.1, -0.05) is 92.7 Å². The Bertz CT molecular complexity index is 1910. The molecule has 0 saturated carbocycles. The number of rotatable bonds is 3. The number of furan rings is 1. The molecule has 2 nitrogen and oxygen atoms in total. The molecule has 2 aromatic heterocycles. The first-order valence-corrected chi connectivity index (χ1v) is 12.4. The molecule has 0 fully saturated rings. The molecule has 7 rings (SSSR count).